The maximum absolute atomic E-state index is 12.5. The highest BCUT2D eigenvalue weighted by Crippen LogP contribution is 2.37. The molecular formula is C16H13F5N2O3S. The molecule has 2 aromatic heterocycles. The zero-order chi connectivity index (χ0) is 20.0. The Bertz CT molecular complexity index is 815. The number of hydrogen-bond acceptors (Lipinski definition) is 6. The first-order valence-corrected chi connectivity index (χ1v) is 8.13. The van der Waals surface area contributed by atoms with E-state index < -0.39 is 29.0 Å². The van der Waals surface area contributed by atoms with Crippen molar-refractivity contribution in [2.45, 2.75) is 26.0 Å². The molecule has 0 unspecified atom stereocenters. The first kappa shape index (κ1) is 20.7. The Labute approximate surface area is 155 Å². The number of aryl methyl sites for hydroxylation is 1. The SMILES string of the molecule is CC=C(Oc1cc(C)cc(Oc2ccnc(OC(F)F)c2)n1)SC(F)(F)F. The predicted octanol–water partition coefficient (Wildman–Crippen LogP) is 5.67. The van der Waals surface area contributed by atoms with Crippen molar-refractivity contribution >= 4 is 11.8 Å². The second-order valence-corrected chi connectivity index (χ2v) is 5.96. The van der Waals surface area contributed by atoms with Gasteiger partial charge < -0.3 is 14.2 Å². The van der Waals surface area contributed by atoms with Gasteiger partial charge in [-0.15, -0.1) is 0 Å². The van der Waals surface area contributed by atoms with Gasteiger partial charge in [0.25, 0.3) is 0 Å². The van der Waals surface area contributed by atoms with Gasteiger partial charge in [-0.2, -0.15) is 26.9 Å². The second-order valence-electron chi connectivity index (χ2n) is 4.89. The fraction of sp³-hybridized carbons (Fsp3) is 0.250. The van der Waals surface area contributed by atoms with Crippen molar-refractivity contribution in [1.82, 2.24) is 9.97 Å². The molecular weight excluding hydrogens is 395 g/mol. The molecule has 0 aromatic carbocycles. The average Bonchev–Trinajstić information content (AvgIpc) is 2.52. The van der Waals surface area contributed by atoms with E-state index >= 15 is 0 Å². The average molecular weight is 408 g/mol. The standard InChI is InChI=1S/C16H13F5N2O3S/c1-3-14(27-16(19,20)21)25-13-7-9(2)6-12(23-13)24-10-4-5-22-11(8-10)26-15(17)18/h3-8,15H,1-2H3. The van der Waals surface area contributed by atoms with Crippen molar-refractivity contribution in [2.24, 2.45) is 0 Å². The van der Waals surface area contributed by atoms with E-state index in [4.69, 9.17) is 9.47 Å². The summed E-state index contributed by atoms with van der Waals surface area (Å²) in [5, 5.41) is -0.400. The van der Waals surface area contributed by atoms with Crippen LogP contribution in [0.15, 0.2) is 41.6 Å². The van der Waals surface area contributed by atoms with Crippen molar-refractivity contribution in [3.63, 3.8) is 0 Å². The highest BCUT2D eigenvalue weighted by Gasteiger charge is 2.31. The molecule has 0 aliphatic carbocycles. The maximum atomic E-state index is 12.5. The lowest BCUT2D eigenvalue weighted by atomic mass is 10.3. The zero-order valence-electron chi connectivity index (χ0n) is 14.0. The van der Waals surface area contributed by atoms with Gasteiger partial charge in [0.2, 0.25) is 17.6 Å². The van der Waals surface area contributed by atoms with Crippen LogP contribution >= 0.6 is 11.8 Å². The van der Waals surface area contributed by atoms with Gasteiger partial charge in [0.05, 0.1) is 0 Å². The van der Waals surface area contributed by atoms with Gasteiger partial charge in [0.15, 0.2) is 5.09 Å². The first-order chi connectivity index (χ1) is 12.6. The topological polar surface area (TPSA) is 53.5 Å². The van der Waals surface area contributed by atoms with E-state index in [1.165, 1.54) is 31.3 Å². The van der Waals surface area contributed by atoms with Gasteiger partial charge in [0, 0.05) is 36.2 Å². The van der Waals surface area contributed by atoms with Crippen LogP contribution in [0.4, 0.5) is 22.0 Å². The molecule has 0 saturated carbocycles. The molecule has 0 fully saturated rings. The van der Waals surface area contributed by atoms with Crippen LogP contribution in [0.2, 0.25) is 0 Å². The van der Waals surface area contributed by atoms with E-state index in [9.17, 15) is 22.0 Å². The number of pyridine rings is 2. The van der Waals surface area contributed by atoms with Crippen LogP contribution in [-0.4, -0.2) is 22.1 Å². The fourth-order valence-corrected chi connectivity index (χ4v) is 2.27. The molecule has 11 heteroatoms. The molecule has 5 nitrogen and oxygen atoms in total. The van der Waals surface area contributed by atoms with Crippen LogP contribution < -0.4 is 14.2 Å². The van der Waals surface area contributed by atoms with Gasteiger partial charge >= 0.3 is 12.1 Å². The van der Waals surface area contributed by atoms with Crippen molar-refractivity contribution in [2.75, 3.05) is 0 Å². The molecule has 0 aliphatic heterocycles. The van der Waals surface area contributed by atoms with Crippen LogP contribution in [-0.2, 0) is 0 Å². The van der Waals surface area contributed by atoms with Gasteiger partial charge in [-0.05, 0) is 31.6 Å². The Hall–Kier alpha value is -2.56. The number of ether oxygens (including phenoxy) is 3. The summed E-state index contributed by atoms with van der Waals surface area (Å²) in [6.45, 7) is 0.00383. The van der Waals surface area contributed by atoms with Crippen molar-refractivity contribution < 1.29 is 36.2 Å². The lowest BCUT2D eigenvalue weighted by Crippen LogP contribution is -2.05. The number of aromatic nitrogens is 2. The van der Waals surface area contributed by atoms with E-state index in [0.29, 0.717) is 5.56 Å². The number of halogens is 5. The third-order valence-electron chi connectivity index (χ3n) is 2.72. The molecule has 0 aliphatic rings. The van der Waals surface area contributed by atoms with Crippen LogP contribution in [0.3, 0.4) is 0 Å². The molecule has 0 radical (unpaired) electrons. The van der Waals surface area contributed by atoms with Crippen LogP contribution in [0.5, 0.6) is 23.4 Å². The number of thioether (sulfide) groups is 1. The molecule has 2 heterocycles. The number of allylic oxidation sites excluding steroid dienone is 1. The van der Waals surface area contributed by atoms with Gasteiger partial charge in [0.1, 0.15) is 5.75 Å². The summed E-state index contributed by atoms with van der Waals surface area (Å²) in [6.07, 6.45) is 2.34. The minimum atomic E-state index is -4.51. The summed E-state index contributed by atoms with van der Waals surface area (Å²) in [5.41, 5.74) is -3.91. The minimum absolute atomic E-state index is 0.00772. The normalized spacial score (nSPS) is 12.2. The molecule has 27 heavy (non-hydrogen) atoms. The van der Waals surface area contributed by atoms with E-state index in [0.717, 1.165) is 12.1 Å². The molecule has 0 amide bonds. The van der Waals surface area contributed by atoms with Gasteiger partial charge in [-0.1, -0.05) is 0 Å². The summed E-state index contributed by atoms with van der Waals surface area (Å²) in [6, 6.07) is 5.41. The molecule has 146 valence electrons. The second kappa shape index (κ2) is 8.89. The number of rotatable bonds is 7. The number of nitrogens with zero attached hydrogens (tertiary/aromatic N) is 2. The highest BCUT2D eigenvalue weighted by atomic mass is 32.2. The fourth-order valence-electron chi connectivity index (χ4n) is 1.80. The summed E-state index contributed by atoms with van der Waals surface area (Å²) >= 11 is -0.418. The maximum Gasteiger partial charge on any atom is 0.449 e. The Morgan fingerprint density at radius 2 is 1.85 bits per heavy atom. The molecule has 0 bridgehead atoms. The van der Waals surface area contributed by atoms with E-state index in [1.54, 1.807) is 6.92 Å². The van der Waals surface area contributed by atoms with E-state index in [2.05, 4.69) is 14.7 Å². The van der Waals surface area contributed by atoms with E-state index in [1.807, 2.05) is 0 Å². The number of hydrogen-bond donors (Lipinski definition) is 0. The molecule has 0 saturated heterocycles. The van der Waals surface area contributed by atoms with E-state index in [-0.39, 0.29) is 23.4 Å². The Balaban J connectivity index is 2.17. The van der Waals surface area contributed by atoms with Crippen LogP contribution in [0.25, 0.3) is 0 Å². The minimum Gasteiger partial charge on any atom is -0.439 e. The van der Waals surface area contributed by atoms with Crippen LogP contribution in [0.1, 0.15) is 12.5 Å². The largest absolute Gasteiger partial charge is 0.449 e. The quantitative estimate of drug-likeness (QED) is 0.435. The third kappa shape index (κ3) is 7.29. The lowest BCUT2D eigenvalue weighted by Gasteiger charge is -2.12. The molecule has 0 atom stereocenters. The Morgan fingerprint density at radius 3 is 2.48 bits per heavy atom. The van der Waals surface area contributed by atoms with Crippen molar-refractivity contribution in [1.29, 1.82) is 0 Å². The summed E-state index contributed by atoms with van der Waals surface area (Å²) in [4.78, 5) is 7.56. The molecule has 2 rings (SSSR count). The summed E-state index contributed by atoms with van der Waals surface area (Å²) in [5.74, 6) is -0.385. The van der Waals surface area contributed by atoms with Crippen LogP contribution in [0, 0.1) is 6.92 Å². The lowest BCUT2D eigenvalue weighted by molar-refractivity contribution is -0.0529. The summed E-state index contributed by atoms with van der Waals surface area (Å²) < 4.78 is 76.7. The number of alkyl halides is 5. The Kier molecular flexibility index (Phi) is 6.83. The highest BCUT2D eigenvalue weighted by molar-refractivity contribution is 8.03. The first-order valence-electron chi connectivity index (χ1n) is 7.32. The third-order valence-corrected chi connectivity index (χ3v) is 3.47. The molecule has 0 N–H and O–H groups in total. The van der Waals surface area contributed by atoms with Gasteiger partial charge in [-0.25, -0.2) is 4.98 Å². The molecule has 2 aromatic rings. The zero-order valence-corrected chi connectivity index (χ0v) is 14.8. The smallest absolute Gasteiger partial charge is 0.439 e. The monoisotopic (exact) mass is 408 g/mol. The van der Waals surface area contributed by atoms with Crippen molar-refractivity contribution in [3.05, 3.63) is 47.2 Å². The Morgan fingerprint density at radius 1 is 1.15 bits per heavy atom. The van der Waals surface area contributed by atoms with Crippen molar-refractivity contribution in [3.8, 4) is 23.4 Å². The summed E-state index contributed by atoms with van der Waals surface area (Å²) in [7, 11) is 0. The van der Waals surface area contributed by atoms with Gasteiger partial charge in [-0.3, -0.25) is 0 Å². The predicted molar refractivity (Wildman–Crippen MR) is 87.9 cm³/mol. The molecule has 0 spiro atoms.